The second-order valence-corrected chi connectivity index (χ2v) is 7.76. The van der Waals surface area contributed by atoms with E-state index in [2.05, 4.69) is 10.0 Å². The van der Waals surface area contributed by atoms with E-state index >= 15 is 0 Å². The number of carbonyl (C=O) groups is 1. The fourth-order valence-corrected chi connectivity index (χ4v) is 3.48. The van der Waals surface area contributed by atoms with E-state index in [-0.39, 0.29) is 17.4 Å². The average Bonchev–Trinajstić information content (AvgIpc) is 2.68. The zero-order valence-corrected chi connectivity index (χ0v) is 16.9. The molecule has 0 bridgehead atoms. The van der Waals surface area contributed by atoms with E-state index in [0.29, 0.717) is 31.2 Å². The van der Waals surface area contributed by atoms with Gasteiger partial charge >= 0.3 is 0 Å². The Labute approximate surface area is 166 Å². The topological polar surface area (TPSA) is 93.7 Å². The van der Waals surface area contributed by atoms with Gasteiger partial charge in [-0.2, -0.15) is 0 Å². The third-order valence-corrected chi connectivity index (χ3v) is 5.27. The van der Waals surface area contributed by atoms with E-state index in [1.807, 2.05) is 26.0 Å². The zero-order chi connectivity index (χ0) is 20.4. The zero-order valence-electron chi connectivity index (χ0n) is 16.1. The molecule has 0 heterocycles. The lowest BCUT2D eigenvalue weighted by molar-refractivity contribution is -0.123. The van der Waals surface area contributed by atoms with Gasteiger partial charge in [0, 0.05) is 19.8 Å². The lowest BCUT2D eigenvalue weighted by Gasteiger charge is -2.11. The molecule has 0 aliphatic carbocycles. The van der Waals surface area contributed by atoms with Crippen molar-refractivity contribution < 1.29 is 22.7 Å². The van der Waals surface area contributed by atoms with E-state index < -0.39 is 10.0 Å². The van der Waals surface area contributed by atoms with Gasteiger partial charge in [-0.05, 0) is 56.2 Å². The van der Waals surface area contributed by atoms with Gasteiger partial charge in [0.05, 0.1) is 10.6 Å². The first-order valence-electron chi connectivity index (χ1n) is 9.08. The molecule has 152 valence electrons. The highest BCUT2D eigenvalue weighted by Crippen LogP contribution is 2.21. The van der Waals surface area contributed by atoms with Crippen molar-refractivity contribution in [2.75, 3.05) is 31.1 Å². The number of benzene rings is 2. The monoisotopic (exact) mass is 406 g/mol. The highest BCUT2D eigenvalue weighted by atomic mass is 32.2. The third kappa shape index (κ3) is 6.86. The molecule has 0 unspecified atom stereocenters. The minimum atomic E-state index is -3.70. The van der Waals surface area contributed by atoms with Crippen LogP contribution >= 0.6 is 0 Å². The quantitative estimate of drug-likeness (QED) is 0.560. The smallest absolute Gasteiger partial charge is 0.261 e. The van der Waals surface area contributed by atoms with Crippen molar-refractivity contribution in [1.82, 2.24) is 5.32 Å². The number of amides is 1. The van der Waals surface area contributed by atoms with Gasteiger partial charge < -0.3 is 14.8 Å². The summed E-state index contributed by atoms with van der Waals surface area (Å²) in [5.41, 5.74) is 1.36. The Morgan fingerprint density at radius 1 is 1.07 bits per heavy atom. The summed E-state index contributed by atoms with van der Waals surface area (Å²) in [7, 11) is -3.70. The van der Waals surface area contributed by atoms with Gasteiger partial charge in [0.25, 0.3) is 15.9 Å². The SMILES string of the molecule is CCOCCCNC(=O)COc1ccc(S(=O)(=O)Nc2ccccc2C)cc1. The average molecular weight is 407 g/mol. The van der Waals surface area contributed by atoms with Gasteiger partial charge in [-0.1, -0.05) is 18.2 Å². The fraction of sp³-hybridized carbons (Fsp3) is 0.350. The number of sulfonamides is 1. The first-order chi connectivity index (χ1) is 13.4. The third-order valence-electron chi connectivity index (χ3n) is 3.89. The van der Waals surface area contributed by atoms with Crippen molar-refractivity contribution in [2.24, 2.45) is 0 Å². The maximum atomic E-state index is 12.5. The lowest BCUT2D eigenvalue weighted by Crippen LogP contribution is -2.30. The minimum Gasteiger partial charge on any atom is -0.484 e. The van der Waals surface area contributed by atoms with Crippen molar-refractivity contribution in [3.63, 3.8) is 0 Å². The number of hydrogen-bond donors (Lipinski definition) is 2. The highest BCUT2D eigenvalue weighted by Gasteiger charge is 2.15. The molecule has 0 fully saturated rings. The molecule has 2 N–H and O–H groups in total. The van der Waals surface area contributed by atoms with Crippen LogP contribution in [-0.4, -0.2) is 40.7 Å². The van der Waals surface area contributed by atoms with E-state index in [4.69, 9.17) is 9.47 Å². The number of carbonyl (C=O) groups excluding carboxylic acids is 1. The Morgan fingerprint density at radius 2 is 1.79 bits per heavy atom. The molecule has 28 heavy (non-hydrogen) atoms. The fourth-order valence-electron chi connectivity index (χ4n) is 2.35. The van der Waals surface area contributed by atoms with Crippen LogP contribution in [0.15, 0.2) is 53.4 Å². The van der Waals surface area contributed by atoms with Crippen molar-refractivity contribution >= 4 is 21.6 Å². The molecule has 2 rings (SSSR count). The Kier molecular flexibility index (Phi) is 8.28. The first-order valence-corrected chi connectivity index (χ1v) is 10.6. The lowest BCUT2D eigenvalue weighted by atomic mass is 10.2. The van der Waals surface area contributed by atoms with Crippen LogP contribution < -0.4 is 14.8 Å². The van der Waals surface area contributed by atoms with Crippen LogP contribution in [0, 0.1) is 6.92 Å². The predicted molar refractivity (Wildman–Crippen MR) is 108 cm³/mol. The van der Waals surface area contributed by atoms with E-state index in [0.717, 1.165) is 12.0 Å². The Bertz CT molecular complexity index is 866. The van der Waals surface area contributed by atoms with Gasteiger partial charge in [0.1, 0.15) is 5.75 Å². The van der Waals surface area contributed by atoms with Crippen LogP contribution in [0.1, 0.15) is 18.9 Å². The summed E-state index contributed by atoms with van der Waals surface area (Å²) in [6.07, 6.45) is 0.736. The standard InChI is InChI=1S/C20H26N2O5S/c1-3-26-14-6-13-21-20(23)15-27-17-9-11-18(12-10-17)28(24,25)22-19-8-5-4-7-16(19)2/h4-5,7-12,22H,3,6,13-15H2,1-2H3,(H,21,23). The second-order valence-electron chi connectivity index (χ2n) is 6.08. The highest BCUT2D eigenvalue weighted by molar-refractivity contribution is 7.92. The molecule has 7 nitrogen and oxygen atoms in total. The van der Waals surface area contributed by atoms with Crippen molar-refractivity contribution in [3.05, 3.63) is 54.1 Å². The van der Waals surface area contributed by atoms with Gasteiger partial charge in [0.15, 0.2) is 6.61 Å². The number of aryl methyl sites for hydroxylation is 1. The number of ether oxygens (including phenoxy) is 2. The molecule has 1 amide bonds. The van der Waals surface area contributed by atoms with Crippen LogP contribution in [0.2, 0.25) is 0 Å². The number of nitrogens with one attached hydrogen (secondary N) is 2. The number of anilines is 1. The van der Waals surface area contributed by atoms with E-state index in [1.165, 1.54) is 24.3 Å². The van der Waals surface area contributed by atoms with Crippen molar-refractivity contribution in [1.29, 1.82) is 0 Å². The largest absolute Gasteiger partial charge is 0.484 e. The van der Waals surface area contributed by atoms with Crippen molar-refractivity contribution in [3.8, 4) is 5.75 Å². The summed E-state index contributed by atoms with van der Waals surface area (Å²) in [6.45, 7) is 5.39. The molecule has 0 aliphatic heterocycles. The van der Waals surface area contributed by atoms with E-state index in [9.17, 15) is 13.2 Å². The van der Waals surface area contributed by atoms with Crippen LogP contribution in [-0.2, 0) is 19.6 Å². The molecule has 0 aromatic heterocycles. The summed E-state index contributed by atoms with van der Waals surface area (Å²) in [6, 6.07) is 13.1. The number of para-hydroxylation sites is 1. The Balaban J connectivity index is 1.85. The summed E-state index contributed by atoms with van der Waals surface area (Å²) in [5.74, 6) is 0.175. The van der Waals surface area contributed by atoms with Crippen LogP contribution in [0.25, 0.3) is 0 Å². The molecule has 0 atom stereocenters. The van der Waals surface area contributed by atoms with Crippen LogP contribution in [0.5, 0.6) is 5.75 Å². The summed E-state index contributed by atoms with van der Waals surface area (Å²) >= 11 is 0. The molecule has 8 heteroatoms. The number of rotatable bonds is 11. The molecule has 0 aliphatic rings. The Morgan fingerprint density at radius 3 is 2.46 bits per heavy atom. The van der Waals surface area contributed by atoms with Gasteiger partial charge in [0.2, 0.25) is 0 Å². The predicted octanol–water partition coefficient (Wildman–Crippen LogP) is 2.72. The first kappa shape index (κ1) is 21.7. The summed E-state index contributed by atoms with van der Waals surface area (Å²) in [4.78, 5) is 11.8. The second kappa shape index (κ2) is 10.7. The van der Waals surface area contributed by atoms with Crippen LogP contribution in [0.3, 0.4) is 0 Å². The number of hydrogen-bond acceptors (Lipinski definition) is 5. The Hall–Kier alpha value is -2.58. The van der Waals surface area contributed by atoms with Crippen LogP contribution in [0.4, 0.5) is 5.69 Å². The maximum absolute atomic E-state index is 12.5. The van der Waals surface area contributed by atoms with Gasteiger partial charge in [-0.15, -0.1) is 0 Å². The molecular formula is C20H26N2O5S. The molecule has 0 saturated carbocycles. The summed E-state index contributed by atoms with van der Waals surface area (Å²) < 4.78 is 38.1. The molecule has 0 spiro atoms. The van der Waals surface area contributed by atoms with Crippen molar-refractivity contribution in [2.45, 2.75) is 25.2 Å². The normalized spacial score (nSPS) is 11.1. The molecule has 2 aromatic carbocycles. The summed E-state index contributed by atoms with van der Waals surface area (Å²) in [5, 5.41) is 2.73. The molecule has 2 aromatic rings. The maximum Gasteiger partial charge on any atom is 0.261 e. The van der Waals surface area contributed by atoms with E-state index in [1.54, 1.807) is 12.1 Å². The van der Waals surface area contributed by atoms with Gasteiger partial charge in [-0.3, -0.25) is 9.52 Å². The minimum absolute atomic E-state index is 0.114. The molecular weight excluding hydrogens is 380 g/mol. The molecule has 0 radical (unpaired) electrons. The van der Waals surface area contributed by atoms with Gasteiger partial charge in [-0.25, -0.2) is 8.42 Å². The molecule has 0 saturated heterocycles.